The SMILES string of the molecule is C/C1=C/C(=O)OC/C(C)=C/CC/C(C)=C\CC1. The van der Waals surface area contributed by atoms with E-state index >= 15 is 0 Å². The predicted octanol–water partition coefficient (Wildman–Crippen LogP) is 3.94. The molecule has 1 heterocycles. The number of ether oxygens (including phenoxy) is 1. The van der Waals surface area contributed by atoms with Gasteiger partial charge in [0.2, 0.25) is 0 Å². The summed E-state index contributed by atoms with van der Waals surface area (Å²) >= 11 is 0. The summed E-state index contributed by atoms with van der Waals surface area (Å²) in [6, 6.07) is 0. The third kappa shape index (κ3) is 6.10. The second-order valence-corrected chi connectivity index (χ2v) is 4.78. The topological polar surface area (TPSA) is 26.3 Å². The second-order valence-electron chi connectivity index (χ2n) is 4.78. The highest BCUT2D eigenvalue weighted by Crippen LogP contribution is 2.12. The van der Waals surface area contributed by atoms with Crippen LogP contribution < -0.4 is 0 Å². The summed E-state index contributed by atoms with van der Waals surface area (Å²) < 4.78 is 5.16. The summed E-state index contributed by atoms with van der Waals surface area (Å²) in [6.45, 7) is 6.56. The molecule has 0 spiro atoms. The van der Waals surface area contributed by atoms with Crippen LogP contribution in [0.15, 0.2) is 34.9 Å². The number of carbonyl (C=O) groups excluding carboxylic acids is 1. The third-order valence-corrected chi connectivity index (χ3v) is 2.87. The molecule has 2 nitrogen and oxygen atoms in total. The van der Waals surface area contributed by atoms with Gasteiger partial charge < -0.3 is 4.74 Å². The average Bonchev–Trinajstić information content (AvgIpc) is 2.26. The van der Waals surface area contributed by atoms with Gasteiger partial charge in [-0.1, -0.05) is 23.3 Å². The van der Waals surface area contributed by atoms with Gasteiger partial charge in [-0.15, -0.1) is 0 Å². The zero-order valence-electron chi connectivity index (χ0n) is 11.1. The molecule has 0 atom stereocenters. The van der Waals surface area contributed by atoms with Crippen molar-refractivity contribution in [2.75, 3.05) is 6.61 Å². The molecule has 0 amide bonds. The fourth-order valence-corrected chi connectivity index (χ4v) is 1.75. The second kappa shape index (κ2) is 7.10. The first-order valence-corrected chi connectivity index (χ1v) is 6.23. The van der Waals surface area contributed by atoms with Gasteiger partial charge in [-0.3, -0.25) is 0 Å². The highest BCUT2D eigenvalue weighted by Gasteiger charge is 2.01. The number of cyclic esters (lactones) is 1. The molecule has 0 aromatic carbocycles. The van der Waals surface area contributed by atoms with Crippen molar-refractivity contribution in [3.63, 3.8) is 0 Å². The van der Waals surface area contributed by atoms with E-state index < -0.39 is 0 Å². The van der Waals surface area contributed by atoms with Crippen LogP contribution in [0.5, 0.6) is 0 Å². The summed E-state index contributed by atoms with van der Waals surface area (Å²) in [5.74, 6) is -0.227. The molecule has 1 aliphatic heterocycles. The van der Waals surface area contributed by atoms with Crippen LogP contribution in [0.2, 0.25) is 0 Å². The van der Waals surface area contributed by atoms with E-state index in [1.165, 1.54) is 5.57 Å². The van der Waals surface area contributed by atoms with Gasteiger partial charge in [0.1, 0.15) is 6.61 Å². The van der Waals surface area contributed by atoms with Gasteiger partial charge in [-0.05, 0) is 52.0 Å². The van der Waals surface area contributed by atoms with Crippen LogP contribution in [0.1, 0.15) is 46.5 Å². The van der Waals surface area contributed by atoms with Crippen LogP contribution in [0.25, 0.3) is 0 Å². The highest BCUT2D eigenvalue weighted by atomic mass is 16.5. The Morgan fingerprint density at radius 2 is 1.53 bits per heavy atom. The van der Waals surface area contributed by atoms with Crippen molar-refractivity contribution in [3.05, 3.63) is 34.9 Å². The van der Waals surface area contributed by atoms with E-state index in [9.17, 15) is 4.79 Å². The van der Waals surface area contributed by atoms with E-state index in [1.807, 2.05) is 13.8 Å². The van der Waals surface area contributed by atoms with Crippen LogP contribution in [-0.4, -0.2) is 12.6 Å². The van der Waals surface area contributed by atoms with Crippen LogP contribution in [0, 0.1) is 0 Å². The Morgan fingerprint density at radius 3 is 2.24 bits per heavy atom. The number of carbonyl (C=O) groups is 1. The maximum atomic E-state index is 11.5. The lowest BCUT2D eigenvalue weighted by Crippen LogP contribution is -2.04. The molecule has 94 valence electrons. The third-order valence-electron chi connectivity index (χ3n) is 2.87. The van der Waals surface area contributed by atoms with Gasteiger partial charge in [-0.2, -0.15) is 0 Å². The Balaban J connectivity index is 2.72. The monoisotopic (exact) mass is 234 g/mol. The minimum absolute atomic E-state index is 0.227. The van der Waals surface area contributed by atoms with Gasteiger partial charge in [-0.25, -0.2) is 4.79 Å². The molecule has 0 bridgehead atoms. The van der Waals surface area contributed by atoms with Crippen molar-refractivity contribution in [2.45, 2.75) is 46.5 Å². The Labute approximate surface area is 104 Å². The first kappa shape index (κ1) is 13.8. The van der Waals surface area contributed by atoms with Crippen LogP contribution >= 0.6 is 0 Å². The van der Waals surface area contributed by atoms with E-state index in [-0.39, 0.29) is 5.97 Å². The van der Waals surface area contributed by atoms with Gasteiger partial charge >= 0.3 is 5.97 Å². The van der Waals surface area contributed by atoms with Gasteiger partial charge in [0.05, 0.1) is 0 Å². The van der Waals surface area contributed by atoms with Crippen molar-refractivity contribution >= 4 is 5.97 Å². The number of esters is 1. The lowest BCUT2D eigenvalue weighted by molar-refractivity contribution is -0.136. The van der Waals surface area contributed by atoms with Crippen molar-refractivity contribution in [1.82, 2.24) is 0 Å². The van der Waals surface area contributed by atoms with Crippen molar-refractivity contribution in [3.8, 4) is 0 Å². The predicted molar refractivity (Wildman–Crippen MR) is 70.7 cm³/mol. The number of hydrogen-bond acceptors (Lipinski definition) is 2. The molecule has 2 heteroatoms. The van der Waals surface area contributed by atoms with Crippen LogP contribution in [-0.2, 0) is 9.53 Å². The molecular formula is C15H22O2. The number of allylic oxidation sites excluding steroid dienone is 4. The van der Waals surface area contributed by atoms with Gasteiger partial charge in [0.15, 0.2) is 0 Å². The molecule has 0 fully saturated rings. The Hall–Kier alpha value is -1.31. The molecule has 0 aromatic rings. The summed E-state index contributed by atoms with van der Waals surface area (Å²) in [6.07, 6.45) is 10.1. The van der Waals surface area contributed by atoms with Gasteiger partial charge in [0, 0.05) is 6.08 Å². The quantitative estimate of drug-likeness (QED) is 0.468. The molecule has 0 radical (unpaired) electrons. The molecule has 0 aliphatic carbocycles. The molecule has 0 unspecified atom stereocenters. The molecule has 0 saturated carbocycles. The van der Waals surface area contributed by atoms with Crippen molar-refractivity contribution in [2.24, 2.45) is 0 Å². The zero-order chi connectivity index (χ0) is 12.7. The summed E-state index contributed by atoms with van der Waals surface area (Å²) in [5.41, 5.74) is 3.63. The molecular weight excluding hydrogens is 212 g/mol. The summed E-state index contributed by atoms with van der Waals surface area (Å²) in [7, 11) is 0. The van der Waals surface area contributed by atoms with Crippen molar-refractivity contribution in [1.29, 1.82) is 0 Å². The normalized spacial score (nSPS) is 29.1. The van der Waals surface area contributed by atoms with E-state index in [4.69, 9.17) is 4.74 Å². The first-order valence-electron chi connectivity index (χ1n) is 6.23. The first-order chi connectivity index (χ1) is 8.08. The van der Waals surface area contributed by atoms with Gasteiger partial charge in [0.25, 0.3) is 0 Å². The number of hydrogen-bond donors (Lipinski definition) is 0. The summed E-state index contributed by atoms with van der Waals surface area (Å²) in [4.78, 5) is 11.5. The fourth-order valence-electron chi connectivity index (χ4n) is 1.75. The largest absolute Gasteiger partial charge is 0.458 e. The fraction of sp³-hybridized carbons (Fsp3) is 0.533. The summed E-state index contributed by atoms with van der Waals surface area (Å²) in [5, 5.41) is 0. The Kier molecular flexibility index (Phi) is 5.75. The van der Waals surface area contributed by atoms with E-state index in [2.05, 4.69) is 19.1 Å². The molecule has 1 rings (SSSR count). The highest BCUT2D eigenvalue weighted by molar-refractivity contribution is 5.82. The number of rotatable bonds is 0. The smallest absolute Gasteiger partial charge is 0.331 e. The van der Waals surface area contributed by atoms with Crippen LogP contribution in [0.4, 0.5) is 0 Å². The van der Waals surface area contributed by atoms with E-state index in [0.717, 1.165) is 36.8 Å². The standard InChI is InChI=1S/C15H22O2/c1-12-6-4-8-13(2)10-15(16)17-11-14(3)9-5-7-12/h6,9-10H,4-5,7-8,11H2,1-3H3/b12-6-,13-10-,14-9+. The molecule has 0 saturated heterocycles. The Morgan fingerprint density at radius 1 is 0.941 bits per heavy atom. The van der Waals surface area contributed by atoms with E-state index in [1.54, 1.807) is 6.08 Å². The maximum absolute atomic E-state index is 11.5. The van der Waals surface area contributed by atoms with Crippen LogP contribution in [0.3, 0.4) is 0 Å². The average molecular weight is 234 g/mol. The minimum atomic E-state index is -0.227. The zero-order valence-corrected chi connectivity index (χ0v) is 11.1. The minimum Gasteiger partial charge on any atom is -0.458 e. The molecule has 1 aliphatic rings. The Bertz CT molecular complexity index is 359. The maximum Gasteiger partial charge on any atom is 0.331 e. The molecule has 0 N–H and O–H groups in total. The van der Waals surface area contributed by atoms with E-state index in [0.29, 0.717) is 6.61 Å². The van der Waals surface area contributed by atoms with Crippen molar-refractivity contribution < 1.29 is 9.53 Å². The molecule has 17 heavy (non-hydrogen) atoms. The molecule has 0 aromatic heterocycles. The lowest BCUT2D eigenvalue weighted by atomic mass is 10.1. The lowest BCUT2D eigenvalue weighted by Gasteiger charge is -2.03.